The van der Waals surface area contributed by atoms with Crippen molar-refractivity contribution in [3.05, 3.63) is 0 Å². The van der Waals surface area contributed by atoms with Crippen molar-refractivity contribution in [2.75, 3.05) is 0 Å². The van der Waals surface area contributed by atoms with Gasteiger partial charge in [-0.2, -0.15) is 0 Å². The van der Waals surface area contributed by atoms with Crippen LogP contribution < -0.4 is 5.73 Å². The Labute approximate surface area is 66.0 Å². The molecule has 0 radical (unpaired) electrons. The zero-order chi connectivity index (χ0) is 8.27. The Morgan fingerprint density at radius 3 is 1.82 bits per heavy atom. The highest BCUT2D eigenvalue weighted by molar-refractivity contribution is 5.59. The van der Waals surface area contributed by atoms with Crippen LogP contribution in [0.5, 0.6) is 0 Å². The van der Waals surface area contributed by atoms with Crippen LogP contribution in [-0.4, -0.2) is 18.6 Å². The summed E-state index contributed by atoms with van der Waals surface area (Å²) in [6, 6.07) is 0.0362. The topological polar surface area (TPSA) is 60.2 Å². The molecule has 62 valence electrons. The lowest BCUT2D eigenvalue weighted by atomic mass is 9.80. The van der Waals surface area contributed by atoms with E-state index in [1.165, 1.54) is 0 Å². The van der Waals surface area contributed by atoms with E-state index in [2.05, 4.69) is 0 Å². The number of nitrogens with two attached hydrogens (primary N) is 1. The molecule has 0 spiro atoms. The number of hydrogen-bond acceptors (Lipinski definition) is 3. The van der Waals surface area contributed by atoms with E-state index in [9.17, 15) is 9.59 Å². The number of carbonyl (C=O) groups excluding carboxylic acids is 2. The smallest absolute Gasteiger partial charge is 0.123 e. The lowest BCUT2D eigenvalue weighted by Gasteiger charge is -2.26. The highest BCUT2D eigenvalue weighted by Gasteiger charge is 2.25. The van der Waals surface area contributed by atoms with Crippen molar-refractivity contribution >= 4 is 12.6 Å². The molecule has 0 aromatic heterocycles. The average Bonchev–Trinajstić information content (AvgIpc) is 2.03. The zero-order valence-electron chi connectivity index (χ0n) is 6.40. The first kappa shape index (κ1) is 8.40. The molecule has 1 saturated carbocycles. The van der Waals surface area contributed by atoms with Gasteiger partial charge in [0.05, 0.1) is 0 Å². The maximum atomic E-state index is 10.4. The number of rotatable bonds is 2. The summed E-state index contributed by atoms with van der Waals surface area (Å²) in [5.74, 6) is 0.0166. The first-order valence-electron chi connectivity index (χ1n) is 3.92. The molecule has 1 fully saturated rings. The Hall–Kier alpha value is -0.700. The van der Waals surface area contributed by atoms with Gasteiger partial charge in [0.2, 0.25) is 0 Å². The highest BCUT2D eigenvalue weighted by atomic mass is 16.1. The molecule has 0 aromatic rings. The summed E-state index contributed by atoms with van der Waals surface area (Å²) in [6.45, 7) is 0. The molecule has 0 saturated heterocycles. The minimum absolute atomic E-state index is 0.00829. The Bertz CT molecular complexity index is 142. The Morgan fingerprint density at radius 2 is 1.45 bits per heavy atom. The van der Waals surface area contributed by atoms with Crippen molar-refractivity contribution in [1.82, 2.24) is 0 Å². The summed E-state index contributed by atoms with van der Waals surface area (Å²) in [5.41, 5.74) is 5.65. The second-order valence-electron chi connectivity index (χ2n) is 3.26. The highest BCUT2D eigenvalue weighted by Crippen LogP contribution is 2.25. The third kappa shape index (κ3) is 2.12. The van der Waals surface area contributed by atoms with Crippen LogP contribution in [-0.2, 0) is 9.59 Å². The molecule has 0 aromatic carbocycles. The van der Waals surface area contributed by atoms with E-state index in [4.69, 9.17) is 5.73 Å². The molecule has 1 aliphatic carbocycles. The van der Waals surface area contributed by atoms with Crippen LogP contribution in [0.3, 0.4) is 0 Å². The Balaban J connectivity index is 2.49. The Morgan fingerprint density at radius 1 is 1.00 bits per heavy atom. The van der Waals surface area contributed by atoms with Gasteiger partial charge in [-0.15, -0.1) is 0 Å². The van der Waals surface area contributed by atoms with Crippen molar-refractivity contribution in [2.45, 2.75) is 25.3 Å². The first-order valence-corrected chi connectivity index (χ1v) is 3.92. The van der Waals surface area contributed by atoms with Crippen molar-refractivity contribution < 1.29 is 9.59 Å². The summed E-state index contributed by atoms with van der Waals surface area (Å²) in [5, 5.41) is 0. The van der Waals surface area contributed by atoms with Crippen molar-refractivity contribution in [2.24, 2.45) is 17.6 Å². The minimum atomic E-state index is 0.00829. The third-order valence-electron chi connectivity index (χ3n) is 2.20. The molecular formula is C8H13NO2. The van der Waals surface area contributed by atoms with Crippen molar-refractivity contribution in [3.63, 3.8) is 0 Å². The van der Waals surface area contributed by atoms with Crippen molar-refractivity contribution in [3.8, 4) is 0 Å². The Kier molecular flexibility index (Phi) is 2.76. The lowest BCUT2D eigenvalue weighted by molar-refractivity contribution is -0.115. The average molecular weight is 155 g/mol. The van der Waals surface area contributed by atoms with Crippen LogP contribution in [0.2, 0.25) is 0 Å². The quantitative estimate of drug-likeness (QED) is 0.576. The molecule has 1 rings (SSSR count). The maximum Gasteiger partial charge on any atom is 0.123 e. The summed E-state index contributed by atoms with van der Waals surface area (Å²) < 4.78 is 0. The second-order valence-corrected chi connectivity index (χ2v) is 3.26. The largest absolute Gasteiger partial charge is 0.328 e. The monoisotopic (exact) mass is 155 g/mol. The van der Waals surface area contributed by atoms with E-state index in [0.717, 1.165) is 25.4 Å². The van der Waals surface area contributed by atoms with Gasteiger partial charge < -0.3 is 15.3 Å². The summed E-state index contributed by atoms with van der Waals surface area (Å²) >= 11 is 0. The molecule has 1 aliphatic rings. The summed E-state index contributed by atoms with van der Waals surface area (Å²) in [7, 11) is 0. The van der Waals surface area contributed by atoms with Gasteiger partial charge in [-0.1, -0.05) is 0 Å². The fourth-order valence-corrected chi connectivity index (χ4v) is 1.68. The molecule has 3 nitrogen and oxygen atoms in total. The van der Waals surface area contributed by atoms with Gasteiger partial charge in [0.25, 0.3) is 0 Å². The molecule has 0 aliphatic heterocycles. The number of carbonyl (C=O) groups is 2. The van der Waals surface area contributed by atoms with E-state index in [1.54, 1.807) is 0 Å². The zero-order valence-corrected chi connectivity index (χ0v) is 6.40. The van der Waals surface area contributed by atoms with Crippen LogP contribution in [0.4, 0.5) is 0 Å². The van der Waals surface area contributed by atoms with Gasteiger partial charge in [0.1, 0.15) is 12.6 Å². The molecule has 2 unspecified atom stereocenters. The number of aldehydes is 2. The van der Waals surface area contributed by atoms with Crippen molar-refractivity contribution in [1.29, 1.82) is 0 Å². The maximum absolute atomic E-state index is 10.4. The van der Waals surface area contributed by atoms with Crippen LogP contribution in [0, 0.1) is 11.8 Å². The molecule has 2 N–H and O–H groups in total. The number of hydrogen-bond donors (Lipinski definition) is 1. The molecule has 3 heteroatoms. The van der Waals surface area contributed by atoms with Crippen LogP contribution in [0.15, 0.2) is 0 Å². The summed E-state index contributed by atoms with van der Waals surface area (Å²) in [6.07, 6.45) is 4.01. The molecular weight excluding hydrogens is 142 g/mol. The van der Waals surface area contributed by atoms with E-state index in [0.29, 0.717) is 6.42 Å². The minimum Gasteiger partial charge on any atom is -0.328 e. The van der Waals surface area contributed by atoms with E-state index >= 15 is 0 Å². The van der Waals surface area contributed by atoms with Gasteiger partial charge in [0, 0.05) is 17.9 Å². The molecule has 2 atom stereocenters. The fourth-order valence-electron chi connectivity index (χ4n) is 1.68. The SMILES string of the molecule is NC1CC(C=O)CC(C=O)C1. The predicted molar refractivity (Wildman–Crippen MR) is 40.9 cm³/mol. The van der Waals surface area contributed by atoms with Gasteiger partial charge >= 0.3 is 0 Å². The molecule has 11 heavy (non-hydrogen) atoms. The molecule has 0 amide bonds. The first-order chi connectivity index (χ1) is 5.26. The van der Waals surface area contributed by atoms with Crippen LogP contribution in [0.1, 0.15) is 19.3 Å². The fraction of sp³-hybridized carbons (Fsp3) is 0.750. The van der Waals surface area contributed by atoms with Gasteiger partial charge in [-0.05, 0) is 19.3 Å². The van der Waals surface area contributed by atoms with Gasteiger partial charge in [-0.3, -0.25) is 0 Å². The van der Waals surface area contributed by atoms with E-state index < -0.39 is 0 Å². The summed E-state index contributed by atoms with van der Waals surface area (Å²) in [4.78, 5) is 20.8. The van der Waals surface area contributed by atoms with Crippen LogP contribution in [0.25, 0.3) is 0 Å². The van der Waals surface area contributed by atoms with E-state index in [1.807, 2.05) is 0 Å². The molecule has 0 bridgehead atoms. The lowest BCUT2D eigenvalue weighted by Crippen LogP contribution is -2.33. The van der Waals surface area contributed by atoms with Gasteiger partial charge in [0.15, 0.2) is 0 Å². The van der Waals surface area contributed by atoms with E-state index in [-0.39, 0.29) is 17.9 Å². The molecule has 0 heterocycles. The second kappa shape index (κ2) is 3.62. The third-order valence-corrected chi connectivity index (χ3v) is 2.20. The predicted octanol–water partition coefficient (Wildman–Crippen LogP) is 0.128. The van der Waals surface area contributed by atoms with Crippen LogP contribution >= 0.6 is 0 Å². The standard InChI is InChI=1S/C8H13NO2/c9-8-2-6(4-10)1-7(3-8)5-11/h4-8H,1-3,9H2. The van der Waals surface area contributed by atoms with Gasteiger partial charge in [-0.25, -0.2) is 0 Å². The normalized spacial score (nSPS) is 38.1.